The van der Waals surface area contributed by atoms with Gasteiger partial charge in [-0.3, -0.25) is 9.67 Å². The molecule has 28 heavy (non-hydrogen) atoms. The Morgan fingerprint density at radius 1 is 1.18 bits per heavy atom. The molecular weight excluding hydrogens is 356 g/mol. The molecule has 0 spiro atoms. The second-order valence-electron chi connectivity index (χ2n) is 7.27. The zero-order valence-corrected chi connectivity index (χ0v) is 15.6. The summed E-state index contributed by atoms with van der Waals surface area (Å²) in [5, 5.41) is 13.6. The number of pyridine rings is 1. The highest BCUT2D eigenvalue weighted by atomic mass is 16.4. The molecule has 0 fully saturated rings. The van der Waals surface area contributed by atoms with Gasteiger partial charge in [0.1, 0.15) is 5.82 Å². The molecule has 0 bridgehead atoms. The van der Waals surface area contributed by atoms with Gasteiger partial charge in [0.05, 0.1) is 12.2 Å². The minimum Gasteiger partial charge on any atom is -0.476 e. The molecule has 1 aliphatic heterocycles. The van der Waals surface area contributed by atoms with Gasteiger partial charge in [0, 0.05) is 48.4 Å². The summed E-state index contributed by atoms with van der Waals surface area (Å²) in [6.07, 6.45) is 7.20. The zero-order chi connectivity index (χ0) is 19.3. The second kappa shape index (κ2) is 6.40. The van der Waals surface area contributed by atoms with Crippen molar-refractivity contribution in [3.8, 4) is 11.4 Å². The van der Waals surface area contributed by atoms with E-state index in [1.54, 1.807) is 24.1 Å². The number of aromatic nitrogens is 5. The second-order valence-corrected chi connectivity index (χ2v) is 7.27. The molecule has 0 radical (unpaired) electrons. The Kier molecular flexibility index (Phi) is 3.85. The van der Waals surface area contributed by atoms with Gasteiger partial charge < -0.3 is 10.0 Å². The summed E-state index contributed by atoms with van der Waals surface area (Å²) in [5.41, 5.74) is 5.19. The van der Waals surface area contributed by atoms with Crippen molar-refractivity contribution in [1.29, 1.82) is 0 Å². The van der Waals surface area contributed by atoms with Crippen LogP contribution in [0.2, 0.25) is 0 Å². The average molecular weight is 376 g/mol. The van der Waals surface area contributed by atoms with Crippen LogP contribution >= 0.6 is 0 Å². The van der Waals surface area contributed by atoms with E-state index in [4.69, 9.17) is 9.97 Å². The minimum absolute atomic E-state index is 0.168. The Balaban J connectivity index is 1.57. The van der Waals surface area contributed by atoms with E-state index < -0.39 is 5.97 Å². The van der Waals surface area contributed by atoms with E-state index in [2.05, 4.69) is 15.0 Å². The molecule has 0 atom stereocenters. The number of hydrogen-bond donors (Lipinski definition) is 1. The van der Waals surface area contributed by atoms with Crippen LogP contribution < -0.4 is 4.90 Å². The maximum atomic E-state index is 11.5. The third-order valence-electron chi connectivity index (χ3n) is 5.58. The first-order valence-electron chi connectivity index (χ1n) is 9.45. The molecule has 142 valence electrons. The number of carbonyl (C=O) groups is 1. The number of aryl methyl sites for hydroxylation is 2. The molecule has 3 aromatic rings. The fourth-order valence-corrected chi connectivity index (χ4v) is 4.22. The van der Waals surface area contributed by atoms with E-state index in [-0.39, 0.29) is 5.69 Å². The van der Waals surface area contributed by atoms with Crippen LogP contribution in [-0.2, 0) is 32.9 Å². The highest BCUT2D eigenvalue weighted by Crippen LogP contribution is 2.34. The predicted octanol–water partition coefficient (Wildman–Crippen LogP) is 2.02. The number of anilines is 1. The van der Waals surface area contributed by atoms with Crippen molar-refractivity contribution < 1.29 is 9.90 Å². The van der Waals surface area contributed by atoms with Crippen molar-refractivity contribution in [2.45, 2.75) is 32.2 Å². The first kappa shape index (κ1) is 16.9. The first-order chi connectivity index (χ1) is 13.6. The van der Waals surface area contributed by atoms with Crippen LogP contribution in [0.15, 0.2) is 24.5 Å². The van der Waals surface area contributed by atoms with Crippen molar-refractivity contribution in [2.24, 2.45) is 7.05 Å². The molecule has 0 amide bonds. The van der Waals surface area contributed by atoms with Crippen molar-refractivity contribution in [1.82, 2.24) is 24.7 Å². The van der Waals surface area contributed by atoms with Crippen LogP contribution in [0.5, 0.6) is 0 Å². The average Bonchev–Trinajstić information content (AvgIpc) is 3.32. The maximum absolute atomic E-state index is 11.5. The summed E-state index contributed by atoms with van der Waals surface area (Å²) in [7, 11) is 1.81. The summed E-state index contributed by atoms with van der Waals surface area (Å²) in [4.78, 5) is 27.6. The van der Waals surface area contributed by atoms with Gasteiger partial charge >= 0.3 is 5.97 Å². The number of carboxylic acid groups (broad SMARTS) is 1. The maximum Gasteiger partial charge on any atom is 0.356 e. The molecule has 0 saturated carbocycles. The molecular formula is C20H20N6O2. The fraction of sp³-hybridized carbons (Fsp3) is 0.350. The minimum atomic E-state index is -0.966. The standard InChI is InChI=1S/C20H20N6O2/c1-25-16-11-26(9-7-14(16)17(24-25)20(27)28)19-13-5-2-6-15(13)22-18(23-19)12-4-3-8-21-10-12/h3-4,8,10H,2,5-7,9,11H2,1H3,(H,27,28). The van der Waals surface area contributed by atoms with Crippen molar-refractivity contribution in [2.75, 3.05) is 11.4 Å². The van der Waals surface area contributed by atoms with E-state index in [1.165, 1.54) is 5.56 Å². The Bertz CT molecular complexity index is 1080. The third-order valence-corrected chi connectivity index (χ3v) is 5.58. The Hall–Kier alpha value is -3.29. The van der Waals surface area contributed by atoms with Crippen molar-refractivity contribution >= 4 is 11.8 Å². The monoisotopic (exact) mass is 376 g/mol. The van der Waals surface area contributed by atoms with Gasteiger partial charge in [0.2, 0.25) is 0 Å². The summed E-state index contributed by atoms with van der Waals surface area (Å²) < 4.78 is 1.69. The Morgan fingerprint density at radius 2 is 2.07 bits per heavy atom. The largest absolute Gasteiger partial charge is 0.476 e. The van der Waals surface area contributed by atoms with Gasteiger partial charge in [-0.15, -0.1) is 0 Å². The summed E-state index contributed by atoms with van der Waals surface area (Å²) in [5.74, 6) is 0.697. The van der Waals surface area contributed by atoms with E-state index in [1.807, 2.05) is 12.1 Å². The van der Waals surface area contributed by atoms with Crippen LogP contribution in [0.1, 0.15) is 39.4 Å². The molecule has 0 aromatic carbocycles. The van der Waals surface area contributed by atoms with E-state index in [0.29, 0.717) is 18.8 Å². The van der Waals surface area contributed by atoms with Crippen LogP contribution in [0, 0.1) is 0 Å². The number of fused-ring (bicyclic) bond motifs is 2. The highest BCUT2D eigenvalue weighted by molar-refractivity contribution is 5.87. The number of hydrogen-bond acceptors (Lipinski definition) is 6. The van der Waals surface area contributed by atoms with Crippen LogP contribution in [0.25, 0.3) is 11.4 Å². The molecule has 5 rings (SSSR count). The lowest BCUT2D eigenvalue weighted by Crippen LogP contribution is -2.33. The molecule has 1 N–H and O–H groups in total. The predicted molar refractivity (Wildman–Crippen MR) is 102 cm³/mol. The molecule has 2 aliphatic rings. The number of carboxylic acids is 1. The van der Waals surface area contributed by atoms with Gasteiger partial charge in [-0.2, -0.15) is 5.10 Å². The number of nitrogens with zero attached hydrogens (tertiary/aromatic N) is 6. The SMILES string of the molecule is Cn1nc(C(=O)O)c2c1CN(c1nc(-c3cccnc3)nc3c1CCC3)CC2. The topological polar surface area (TPSA) is 97.0 Å². The van der Waals surface area contributed by atoms with Crippen molar-refractivity contribution in [3.05, 3.63) is 52.7 Å². The fourth-order valence-electron chi connectivity index (χ4n) is 4.22. The highest BCUT2D eigenvalue weighted by Gasteiger charge is 2.30. The van der Waals surface area contributed by atoms with Crippen LogP contribution in [0.4, 0.5) is 5.82 Å². The lowest BCUT2D eigenvalue weighted by atomic mass is 10.0. The summed E-state index contributed by atoms with van der Waals surface area (Å²) >= 11 is 0. The molecule has 8 heteroatoms. The molecule has 0 saturated heterocycles. The molecule has 1 aliphatic carbocycles. The van der Waals surface area contributed by atoms with Gasteiger partial charge in [-0.05, 0) is 37.8 Å². The smallest absolute Gasteiger partial charge is 0.356 e. The van der Waals surface area contributed by atoms with Gasteiger partial charge in [0.25, 0.3) is 0 Å². The van der Waals surface area contributed by atoms with E-state index in [9.17, 15) is 9.90 Å². The Labute approximate surface area is 161 Å². The third kappa shape index (κ3) is 2.64. The quantitative estimate of drug-likeness (QED) is 0.747. The molecule has 3 aromatic heterocycles. The van der Waals surface area contributed by atoms with Gasteiger partial charge in [-0.25, -0.2) is 14.8 Å². The van der Waals surface area contributed by atoms with Crippen LogP contribution in [0.3, 0.4) is 0 Å². The van der Waals surface area contributed by atoms with E-state index >= 15 is 0 Å². The first-order valence-corrected chi connectivity index (χ1v) is 9.45. The zero-order valence-electron chi connectivity index (χ0n) is 15.6. The summed E-state index contributed by atoms with van der Waals surface area (Å²) in [6.45, 7) is 1.32. The van der Waals surface area contributed by atoms with Crippen molar-refractivity contribution in [3.63, 3.8) is 0 Å². The van der Waals surface area contributed by atoms with E-state index in [0.717, 1.165) is 54.1 Å². The number of aromatic carboxylic acids is 1. The molecule has 0 unspecified atom stereocenters. The lowest BCUT2D eigenvalue weighted by molar-refractivity contribution is 0.0688. The molecule has 4 heterocycles. The summed E-state index contributed by atoms with van der Waals surface area (Å²) in [6, 6.07) is 3.86. The van der Waals surface area contributed by atoms with Crippen LogP contribution in [-0.4, -0.2) is 42.4 Å². The van der Waals surface area contributed by atoms with Gasteiger partial charge in [-0.1, -0.05) is 0 Å². The number of rotatable bonds is 3. The lowest BCUT2D eigenvalue weighted by Gasteiger charge is -2.30. The van der Waals surface area contributed by atoms with Gasteiger partial charge in [0.15, 0.2) is 11.5 Å². The normalized spacial score (nSPS) is 15.4. The Morgan fingerprint density at radius 3 is 2.86 bits per heavy atom. The molecule has 8 nitrogen and oxygen atoms in total.